The SMILES string of the molecule is CC1(NC2CCCCC2C#N)CCC1. The zero-order valence-electron chi connectivity index (χ0n) is 9.05. The van der Waals surface area contributed by atoms with Crippen molar-refractivity contribution in [1.29, 1.82) is 5.26 Å². The van der Waals surface area contributed by atoms with Crippen molar-refractivity contribution in [1.82, 2.24) is 5.32 Å². The molecular weight excluding hydrogens is 172 g/mol. The molecule has 0 spiro atoms. The van der Waals surface area contributed by atoms with Crippen molar-refractivity contribution in [2.45, 2.75) is 63.5 Å². The minimum atomic E-state index is 0.265. The first-order valence-corrected chi connectivity index (χ1v) is 5.91. The quantitative estimate of drug-likeness (QED) is 0.730. The fourth-order valence-corrected chi connectivity index (χ4v) is 2.76. The van der Waals surface area contributed by atoms with Gasteiger partial charge in [-0.1, -0.05) is 12.8 Å². The molecule has 2 heteroatoms. The molecule has 0 heterocycles. The average molecular weight is 192 g/mol. The Kier molecular flexibility index (Phi) is 2.78. The summed E-state index contributed by atoms with van der Waals surface area (Å²) in [6.45, 7) is 2.31. The Morgan fingerprint density at radius 3 is 2.50 bits per heavy atom. The van der Waals surface area contributed by atoms with Gasteiger partial charge in [0.1, 0.15) is 0 Å². The van der Waals surface area contributed by atoms with Crippen LogP contribution in [-0.2, 0) is 0 Å². The van der Waals surface area contributed by atoms with Gasteiger partial charge in [0.15, 0.2) is 0 Å². The fraction of sp³-hybridized carbons (Fsp3) is 0.917. The lowest BCUT2D eigenvalue weighted by molar-refractivity contribution is 0.152. The second-order valence-electron chi connectivity index (χ2n) is 5.19. The standard InChI is InChI=1S/C12H20N2/c1-12(7-4-8-12)14-11-6-3-2-5-10(11)9-13/h10-11,14H,2-8H2,1H3. The minimum absolute atomic E-state index is 0.265. The van der Waals surface area contributed by atoms with E-state index in [4.69, 9.17) is 5.26 Å². The van der Waals surface area contributed by atoms with Crippen LogP contribution in [0.1, 0.15) is 51.9 Å². The maximum absolute atomic E-state index is 9.06. The Bertz CT molecular complexity index is 237. The lowest BCUT2D eigenvalue weighted by Gasteiger charge is -2.44. The molecule has 2 unspecified atom stereocenters. The molecule has 2 saturated carbocycles. The second kappa shape index (κ2) is 3.90. The summed E-state index contributed by atoms with van der Waals surface area (Å²) in [5.74, 6) is 0.265. The lowest BCUT2D eigenvalue weighted by atomic mass is 9.75. The van der Waals surface area contributed by atoms with E-state index in [0.29, 0.717) is 11.6 Å². The monoisotopic (exact) mass is 192 g/mol. The molecule has 2 aliphatic carbocycles. The van der Waals surface area contributed by atoms with Crippen LogP contribution in [0.4, 0.5) is 0 Å². The smallest absolute Gasteiger partial charge is 0.0672 e. The van der Waals surface area contributed by atoms with Gasteiger partial charge < -0.3 is 5.32 Å². The van der Waals surface area contributed by atoms with E-state index < -0.39 is 0 Å². The van der Waals surface area contributed by atoms with E-state index in [-0.39, 0.29) is 5.92 Å². The highest BCUT2D eigenvalue weighted by atomic mass is 15.0. The van der Waals surface area contributed by atoms with Crippen LogP contribution in [-0.4, -0.2) is 11.6 Å². The van der Waals surface area contributed by atoms with Crippen molar-refractivity contribution < 1.29 is 0 Å². The Hall–Kier alpha value is -0.550. The molecule has 2 rings (SSSR count). The molecule has 0 bridgehead atoms. The molecule has 2 aliphatic rings. The summed E-state index contributed by atoms with van der Waals surface area (Å²) < 4.78 is 0. The number of rotatable bonds is 2. The summed E-state index contributed by atoms with van der Waals surface area (Å²) in [4.78, 5) is 0. The topological polar surface area (TPSA) is 35.8 Å². The van der Waals surface area contributed by atoms with Crippen LogP contribution in [0.5, 0.6) is 0 Å². The Morgan fingerprint density at radius 1 is 1.21 bits per heavy atom. The molecule has 78 valence electrons. The summed E-state index contributed by atoms with van der Waals surface area (Å²) in [6, 6.07) is 2.93. The van der Waals surface area contributed by atoms with Gasteiger partial charge in [-0.05, 0) is 39.0 Å². The van der Waals surface area contributed by atoms with Gasteiger partial charge in [-0.15, -0.1) is 0 Å². The second-order valence-corrected chi connectivity index (χ2v) is 5.19. The van der Waals surface area contributed by atoms with E-state index in [9.17, 15) is 0 Å². The van der Waals surface area contributed by atoms with Gasteiger partial charge in [0, 0.05) is 11.6 Å². The Labute approximate surface area is 86.7 Å². The first-order valence-electron chi connectivity index (χ1n) is 5.91. The summed E-state index contributed by atoms with van der Waals surface area (Å²) in [6.07, 6.45) is 8.79. The maximum atomic E-state index is 9.06. The van der Waals surface area contributed by atoms with E-state index >= 15 is 0 Å². The van der Waals surface area contributed by atoms with E-state index in [0.717, 1.165) is 6.42 Å². The van der Waals surface area contributed by atoms with E-state index in [1.165, 1.54) is 38.5 Å². The molecule has 0 aromatic carbocycles. The third-order valence-electron chi connectivity index (χ3n) is 3.92. The molecule has 14 heavy (non-hydrogen) atoms. The van der Waals surface area contributed by atoms with Gasteiger partial charge in [-0.3, -0.25) is 0 Å². The van der Waals surface area contributed by atoms with Crippen molar-refractivity contribution in [3.05, 3.63) is 0 Å². The van der Waals surface area contributed by atoms with E-state index in [1.54, 1.807) is 0 Å². The predicted octanol–water partition coefficient (Wildman–Crippen LogP) is 2.60. The first kappa shape index (κ1) is 9.98. The van der Waals surface area contributed by atoms with Crippen LogP contribution in [0.3, 0.4) is 0 Å². The zero-order chi connectivity index (χ0) is 10.0. The molecule has 2 nitrogen and oxygen atoms in total. The van der Waals surface area contributed by atoms with E-state index in [2.05, 4.69) is 18.3 Å². The van der Waals surface area contributed by atoms with Gasteiger partial charge >= 0.3 is 0 Å². The number of hydrogen-bond donors (Lipinski definition) is 1. The van der Waals surface area contributed by atoms with Crippen LogP contribution in [0, 0.1) is 17.2 Å². The van der Waals surface area contributed by atoms with Crippen LogP contribution in [0.25, 0.3) is 0 Å². The molecule has 2 fully saturated rings. The van der Waals surface area contributed by atoms with Crippen molar-refractivity contribution in [3.8, 4) is 6.07 Å². The summed E-state index contributed by atoms with van der Waals surface area (Å²) in [5, 5.41) is 12.8. The Morgan fingerprint density at radius 2 is 1.93 bits per heavy atom. The third kappa shape index (κ3) is 1.93. The van der Waals surface area contributed by atoms with Crippen LogP contribution < -0.4 is 5.32 Å². The van der Waals surface area contributed by atoms with Crippen molar-refractivity contribution in [3.63, 3.8) is 0 Å². The van der Waals surface area contributed by atoms with Gasteiger partial charge in [0.25, 0.3) is 0 Å². The van der Waals surface area contributed by atoms with Gasteiger partial charge in [-0.2, -0.15) is 5.26 Å². The highest BCUT2D eigenvalue weighted by Crippen LogP contribution is 2.34. The predicted molar refractivity (Wildman–Crippen MR) is 56.8 cm³/mol. The normalized spacial score (nSPS) is 35.7. The first-order chi connectivity index (χ1) is 6.73. The average Bonchev–Trinajstić information content (AvgIpc) is 2.16. The Balaban J connectivity index is 1.91. The minimum Gasteiger partial charge on any atom is -0.307 e. The third-order valence-corrected chi connectivity index (χ3v) is 3.92. The molecule has 0 amide bonds. The number of hydrogen-bond acceptors (Lipinski definition) is 2. The molecule has 0 saturated heterocycles. The van der Waals surface area contributed by atoms with Crippen LogP contribution in [0.15, 0.2) is 0 Å². The molecular formula is C12H20N2. The van der Waals surface area contributed by atoms with Crippen molar-refractivity contribution in [2.75, 3.05) is 0 Å². The molecule has 1 N–H and O–H groups in total. The molecule has 0 radical (unpaired) electrons. The summed E-state index contributed by atoms with van der Waals surface area (Å²) >= 11 is 0. The fourth-order valence-electron chi connectivity index (χ4n) is 2.76. The van der Waals surface area contributed by atoms with Gasteiger partial charge in [0.2, 0.25) is 0 Å². The maximum Gasteiger partial charge on any atom is 0.0672 e. The number of nitrogens with zero attached hydrogens (tertiary/aromatic N) is 1. The number of nitriles is 1. The summed E-state index contributed by atoms with van der Waals surface area (Å²) in [5.41, 5.74) is 0.358. The zero-order valence-corrected chi connectivity index (χ0v) is 9.05. The van der Waals surface area contributed by atoms with Crippen LogP contribution in [0.2, 0.25) is 0 Å². The highest BCUT2D eigenvalue weighted by Gasteiger charge is 2.36. The number of nitrogens with one attached hydrogen (secondary N) is 1. The lowest BCUT2D eigenvalue weighted by Crippen LogP contribution is -2.55. The van der Waals surface area contributed by atoms with Gasteiger partial charge in [-0.25, -0.2) is 0 Å². The largest absolute Gasteiger partial charge is 0.307 e. The highest BCUT2D eigenvalue weighted by molar-refractivity contribution is 5.00. The molecule has 0 aliphatic heterocycles. The van der Waals surface area contributed by atoms with E-state index in [1.807, 2.05) is 0 Å². The van der Waals surface area contributed by atoms with Crippen LogP contribution >= 0.6 is 0 Å². The van der Waals surface area contributed by atoms with Crippen molar-refractivity contribution >= 4 is 0 Å². The van der Waals surface area contributed by atoms with Crippen molar-refractivity contribution in [2.24, 2.45) is 5.92 Å². The molecule has 2 atom stereocenters. The molecule has 0 aromatic rings. The summed E-state index contributed by atoms with van der Waals surface area (Å²) in [7, 11) is 0. The molecule has 0 aromatic heterocycles. The van der Waals surface area contributed by atoms with Gasteiger partial charge in [0.05, 0.1) is 12.0 Å².